The molecule has 16 heavy (non-hydrogen) atoms. The molecule has 0 bridgehead atoms. The maximum absolute atomic E-state index is 11.2. The van der Waals surface area contributed by atoms with E-state index >= 15 is 0 Å². The van der Waals surface area contributed by atoms with Gasteiger partial charge in [-0.2, -0.15) is 0 Å². The SMILES string of the molecule is CC1=C(/C=C\C(=O)COO)C(C)(C)CCC1. The van der Waals surface area contributed by atoms with Crippen molar-refractivity contribution in [3.8, 4) is 0 Å². The van der Waals surface area contributed by atoms with Crippen LogP contribution in [0.2, 0.25) is 0 Å². The Morgan fingerprint density at radius 2 is 2.25 bits per heavy atom. The molecular formula is C13H20O3. The first-order chi connectivity index (χ1) is 7.47. The van der Waals surface area contributed by atoms with E-state index in [4.69, 9.17) is 5.26 Å². The summed E-state index contributed by atoms with van der Waals surface area (Å²) in [6.07, 6.45) is 6.82. The van der Waals surface area contributed by atoms with Crippen molar-refractivity contribution in [1.82, 2.24) is 0 Å². The van der Waals surface area contributed by atoms with Crippen molar-refractivity contribution in [3.05, 3.63) is 23.3 Å². The van der Waals surface area contributed by atoms with Gasteiger partial charge in [-0.05, 0) is 43.3 Å². The van der Waals surface area contributed by atoms with Crippen LogP contribution < -0.4 is 0 Å². The maximum Gasteiger partial charge on any atom is 0.184 e. The third-order valence-electron chi connectivity index (χ3n) is 3.19. The number of hydrogen-bond acceptors (Lipinski definition) is 3. The average Bonchev–Trinajstić information content (AvgIpc) is 2.16. The molecule has 1 aliphatic carbocycles. The molecule has 0 aromatic rings. The fourth-order valence-electron chi connectivity index (χ4n) is 2.30. The number of rotatable bonds is 4. The quantitative estimate of drug-likeness (QED) is 0.453. The van der Waals surface area contributed by atoms with Gasteiger partial charge >= 0.3 is 0 Å². The number of carbonyl (C=O) groups is 1. The van der Waals surface area contributed by atoms with Gasteiger partial charge in [0.05, 0.1) is 0 Å². The number of allylic oxidation sites excluding steroid dienone is 3. The van der Waals surface area contributed by atoms with Gasteiger partial charge in [-0.25, -0.2) is 4.89 Å². The smallest absolute Gasteiger partial charge is 0.184 e. The van der Waals surface area contributed by atoms with E-state index in [-0.39, 0.29) is 17.8 Å². The van der Waals surface area contributed by atoms with Crippen LogP contribution in [0.25, 0.3) is 0 Å². The van der Waals surface area contributed by atoms with Crippen LogP contribution in [0.4, 0.5) is 0 Å². The van der Waals surface area contributed by atoms with Crippen molar-refractivity contribution in [2.24, 2.45) is 5.41 Å². The molecule has 0 aliphatic heterocycles. The summed E-state index contributed by atoms with van der Waals surface area (Å²) in [5, 5.41) is 8.16. The van der Waals surface area contributed by atoms with Crippen molar-refractivity contribution in [2.45, 2.75) is 40.0 Å². The summed E-state index contributed by atoms with van der Waals surface area (Å²) < 4.78 is 0. The molecule has 0 aromatic heterocycles. The maximum atomic E-state index is 11.2. The van der Waals surface area contributed by atoms with Gasteiger partial charge in [0, 0.05) is 0 Å². The highest BCUT2D eigenvalue weighted by Crippen LogP contribution is 2.40. The zero-order chi connectivity index (χ0) is 12.2. The van der Waals surface area contributed by atoms with Gasteiger partial charge in [-0.3, -0.25) is 10.1 Å². The van der Waals surface area contributed by atoms with E-state index < -0.39 is 0 Å². The normalized spacial score (nSPS) is 20.5. The third kappa shape index (κ3) is 3.29. The molecule has 3 heteroatoms. The summed E-state index contributed by atoms with van der Waals surface area (Å²) >= 11 is 0. The van der Waals surface area contributed by atoms with Crippen molar-refractivity contribution in [3.63, 3.8) is 0 Å². The van der Waals surface area contributed by atoms with Gasteiger partial charge in [-0.1, -0.05) is 25.5 Å². The van der Waals surface area contributed by atoms with Crippen molar-refractivity contribution < 1.29 is 14.9 Å². The molecule has 0 spiro atoms. The van der Waals surface area contributed by atoms with Crippen LogP contribution in [0, 0.1) is 5.41 Å². The zero-order valence-electron chi connectivity index (χ0n) is 10.2. The highest BCUT2D eigenvalue weighted by atomic mass is 17.1. The Balaban J connectivity index is 2.81. The van der Waals surface area contributed by atoms with Crippen LogP contribution in [0.5, 0.6) is 0 Å². The van der Waals surface area contributed by atoms with Crippen molar-refractivity contribution in [2.75, 3.05) is 6.61 Å². The molecule has 1 rings (SSSR count). The summed E-state index contributed by atoms with van der Waals surface area (Å²) in [6, 6.07) is 0. The van der Waals surface area contributed by atoms with Crippen LogP contribution >= 0.6 is 0 Å². The van der Waals surface area contributed by atoms with E-state index in [9.17, 15) is 4.79 Å². The summed E-state index contributed by atoms with van der Waals surface area (Å²) in [6.45, 7) is 6.24. The van der Waals surface area contributed by atoms with Crippen LogP contribution in [-0.4, -0.2) is 17.6 Å². The van der Waals surface area contributed by atoms with Gasteiger partial charge < -0.3 is 0 Å². The summed E-state index contributed by atoms with van der Waals surface area (Å²) in [5.74, 6) is -0.218. The molecule has 1 aliphatic rings. The van der Waals surface area contributed by atoms with E-state index in [1.165, 1.54) is 23.6 Å². The fourth-order valence-corrected chi connectivity index (χ4v) is 2.30. The van der Waals surface area contributed by atoms with E-state index in [1.807, 2.05) is 6.08 Å². The second-order valence-electron chi connectivity index (χ2n) is 5.00. The summed E-state index contributed by atoms with van der Waals surface area (Å²) in [7, 11) is 0. The Morgan fingerprint density at radius 3 is 2.81 bits per heavy atom. The minimum Gasteiger partial charge on any atom is -0.292 e. The lowest BCUT2D eigenvalue weighted by molar-refractivity contribution is -0.236. The van der Waals surface area contributed by atoms with Crippen molar-refractivity contribution >= 4 is 5.78 Å². The molecule has 0 saturated carbocycles. The second-order valence-corrected chi connectivity index (χ2v) is 5.00. The minimum absolute atomic E-state index is 0.138. The Bertz CT molecular complexity index is 324. The lowest BCUT2D eigenvalue weighted by atomic mass is 9.72. The largest absolute Gasteiger partial charge is 0.292 e. The molecular weight excluding hydrogens is 204 g/mol. The highest BCUT2D eigenvalue weighted by Gasteiger charge is 2.26. The molecule has 0 fully saturated rings. The van der Waals surface area contributed by atoms with E-state index in [0.29, 0.717) is 0 Å². The molecule has 0 unspecified atom stereocenters. The topological polar surface area (TPSA) is 46.5 Å². The monoisotopic (exact) mass is 224 g/mol. The zero-order valence-corrected chi connectivity index (χ0v) is 10.2. The van der Waals surface area contributed by atoms with Gasteiger partial charge in [-0.15, -0.1) is 0 Å². The number of ketones is 1. The van der Waals surface area contributed by atoms with Gasteiger partial charge in [0.1, 0.15) is 6.61 Å². The molecule has 3 nitrogen and oxygen atoms in total. The van der Waals surface area contributed by atoms with E-state index in [2.05, 4.69) is 25.7 Å². The van der Waals surface area contributed by atoms with Crippen LogP contribution in [0.3, 0.4) is 0 Å². The van der Waals surface area contributed by atoms with Crippen LogP contribution in [0.1, 0.15) is 40.0 Å². The Labute approximate surface area is 96.7 Å². The third-order valence-corrected chi connectivity index (χ3v) is 3.19. The van der Waals surface area contributed by atoms with Crippen LogP contribution in [0.15, 0.2) is 23.3 Å². The Hall–Kier alpha value is -0.930. The molecule has 0 amide bonds. The molecule has 0 radical (unpaired) electrons. The first kappa shape index (κ1) is 13.1. The lowest BCUT2D eigenvalue weighted by Crippen LogP contribution is -2.19. The van der Waals surface area contributed by atoms with Gasteiger partial charge in [0.2, 0.25) is 0 Å². The predicted octanol–water partition coefficient (Wildman–Crippen LogP) is 3.13. The summed E-state index contributed by atoms with van der Waals surface area (Å²) in [4.78, 5) is 15.0. The van der Waals surface area contributed by atoms with E-state index in [1.54, 1.807) is 0 Å². The fraction of sp³-hybridized carbons (Fsp3) is 0.615. The van der Waals surface area contributed by atoms with Crippen molar-refractivity contribution in [1.29, 1.82) is 0 Å². The molecule has 1 N–H and O–H groups in total. The Kier molecular flexibility index (Phi) is 4.44. The second kappa shape index (κ2) is 5.41. The molecule has 0 saturated heterocycles. The number of carbonyl (C=O) groups excluding carboxylic acids is 1. The number of hydrogen-bond donors (Lipinski definition) is 1. The molecule has 0 aromatic carbocycles. The predicted molar refractivity (Wildman–Crippen MR) is 63.1 cm³/mol. The average molecular weight is 224 g/mol. The summed E-state index contributed by atoms with van der Waals surface area (Å²) in [5.41, 5.74) is 2.73. The van der Waals surface area contributed by atoms with E-state index in [0.717, 1.165) is 12.8 Å². The standard InChI is InChI=1S/C13H20O3/c1-10-5-4-8-13(2,3)12(10)7-6-11(14)9-16-15/h6-7,15H,4-5,8-9H2,1-3H3/b7-6-. The highest BCUT2D eigenvalue weighted by molar-refractivity contribution is 5.91. The molecule has 0 atom stereocenters. The Morgan fingerprint density at radius 1 is 1.56 bits per heavy atom. The molecule has 90 valence electrons. The minimum atomic E-state index is -0.275. The van der Waals surface area contributed by atoms with Gasteiger partial charge in [0.25, 0.3) is 0 Å². The van der Waals surface area contributed by atoms with Crippen LogP contribution in [-0.2, 0) is 9.68 Å². The first-order valence-electron chi connectivity index (χ1n) is 5.65. The lowest BCUT2D eigenvalue weighted by Gasteiger charge is -2.32. The first-order valence-corrected chi connectivity index (χ1v) is 5.65. The van der Waals surface area contributed by atoms with Gasteiger partial charge in [0.15, 0.2) is 5.78 Å². The molecule has 0 heterocycles.